The molecule has 0 aliphatic heterocycles. The summed E-state index contributed by atoms with van der Waals surface area (Å²) in [7, 11) is 3.06. The molecule has 9 heteroatoms. The maximum Gasteiger partial charge on any atom is 0.387 e. The highest BCUT2D eigenvalue weighted by Gasteiger charge is 2.17. The van der Waals surface area contributed by atoms with Crippen molar-refractivity contribution in [1.82, 2.24) is 4.90 Å². The summed E-state index contributed by atoms with van der Waals surface area (Å²) < 4.78 is 35.4. The van der Waals surface area contributed by atoms with Gasteiger partial charge < -0.3 is 19.7 Å². The van der Waals surface area contributed by atoms with E-state index >= 15 is 0 Å². The summed E-state index contributed by atoms with van der Waals surface area (Å²) in [6.45, 7) is -3.15. The van der Waals surface area contributed by atoms with E-state index in [1.54, 1.807) is 47.8 Å². The number of likely N-dealkylation sites (N-methyl/N-ethyl adjacent to an activating group) is 1. The largest absolute Gasteiger partial charge is 0.497 e. The molecule has 1 N–H and O–H groups in total. The molecule has 0 atom stereocenters. The lowest BCUT2D eigenvalue weighted by Crippen LogP contribution is -2.34. The number of hydrogen-bond donors (Lipinski definition) is 1. The zero-order valence-corrected chi connectivity index (χ0v) is 17.6. The summed E-state index contributed by atoms with van der Waals surface area (Å²) in [4.78, 5) is 26.6. The maximum atomic E-state index is 12.8. The van der Waals surface area contributed by atoms with E-state index in [1.165, 1.54) is 42.5 Å². The summed E-state index contributed by atoms with van der Waals surface area (Å²) in [6, 6.07) is 14.6. The number of amides is 2. The van der Waals surface area contributed by atoms with Crippen LogP contribution in [0.25, 0.3) is 11.1 Å². The standard InChI is InChI=1S/C22H20F2N2O4S/c1-26(21(28)19-4-3-11-31-19)13-20(27)25-15-7-10-18(30-22(23)24)17(12-15)14-5-8-16(29-2)9-6-14/h3-12,22H,13H2,1-2H3,(H,25,27). The summed E-state index contributed by atoms with van der Waals surface area (Å²) in [6.07, 6.45) is 0. The Kier molecular flexibility index (Phi) is 7.19. The van der Waals surface area contributed by atoms with Crippen LogP contribution in [-0.2, 0) is 4.79 Å². The number of anilines is 1. The molecule has 0 bridgehead atoms. The van der Waals surface area contributed by atoms with Gasteiger partial charge in [0.2, 0.25) is 5.91 Å². The van der Waals surface area contributed by atoms with Crippen molar-refractivity contribution in [2.45, 2.75) is 6.61 Å². The number of thiophene rings is 1. The summed E-state index contributed by atoms with van der Waals surface area (Å²) in [5, 5.41) is 4.47. The Morgan fingerprint density at radius 1 is 1.13 bits per heavy atom. The molecule has 0 aliphatic rings. The molecule has 2 aromatic carbocycles. The average molecular weight is 446 g/mol. The van der Waals surface area contributed by atoms with E-state index in [4.69, 9.17) is 4.74 Å². The Morgan fingerprint density at radius 3 is 2.48 bits per heavy atom. The fourth-order valence-electron chi connectivity index (χ4n) is 2.88. The molecule has 3 aromatic rings. The first-order valence-corrected chi connectivity index (χ1v) is 10.1. The van der Waals surface area contributed by atoms with Crippen molar-refractivity contribution in [3.05, 3.63) is 64.9 Å². The SMILES string of the molecule is COc1ccc(-c2cc(NC(=O)CN(C)C(=O)c3cccs3)ccc2OC(F)F)cc1. The van der Waals surface area contributed by atoms with Crippen LogP contribution in [-0.4, -0.2) is 44.0 Å². The molecule has 0 saturated carbocycles. The van der Waals surface area contributed by atoms with Gasteiger partial charge in [0.1, 0.15) is 11.5 Å². The number of nitrogens with one attached hydrogen (secondary N) is 1. The van der Waals surface area contributed by atoms with E-state index in [0.29, 0.717) is 27.4 Å². The van der Waals surface area contributed by atoms with Crippen LogP contribution in [0.15, 0.2) is 60.0 Å². The molecule has 3 rings (SSSR count). The van der Waals surface area contributed by atoms with Crippen molar-refractivity contribution in [2.24, 2.45) is 0 Å². The third-order valence-electron chi connectivity index (χ3n) is 4.34. The van der Waals surface area contributed by atoms with Crippen LogP contribution in [0.5, 0.6) is 11.5 Å². The lowest BCUT2D eigenvalue weighted by atomic mass is 10.0. The van der Waals surface area contributed by atoms with E-state index in [9.17, 15) is 18.4 Å². The molecular formula is C22H20F2N2O4S. The molecule has 0 saturated heterocycles. The maximum absolute atomic E-state index is 12.8. The van der Waals surface area contributed by atoms with Crippen LogP contribution >= 0.6 is 11.3 Å². The van der Waals surface area contributed by atoms with Gasteiger partial charge in [-0.15, -0.1) is 11.3 Å². The smallest absolute Gasteiger partial charge is 0.387 e. The highest BCUT2D eigenvalue weighted by atomic mass is 32.1. The zero-order chi connectivity index (χ0) is 22.4. The van der Waals surface area contributed by atoms with Crippen LogP contribution in [0.3, 0.4) is 0 Å². The van der Waals surface area contributed by atoms with Crippen LogP contribution in [0, 0.1) is 0 Å². The van der Waals surface area contributed by atoms with Gasteiger partial charge in [-0.25, -0.2) is 0 Å². The van der Waals surface area contributed by atoms with Gasteiger partial charge in [-0.05, 0) is 47.3 Å². The normalized spacial score (nSPS) is 10.6. The minimum atomic E-state index is -2.99. The molecule has 1 aromatic heterocycles. The Balaban J connectivity index is 1.77. The van der Waals surface area contributed by atoms with Gasteiger partial charge in [0.05, 0.1) is 18.5 Å². The summed E-state index contributed by atoms with van der Waals surface area (Å²) >= 11 is 1.29. The van der Waals surface area contributed by atoms with Crippen molar-refractivity contribution >= 4 is 28.8 Å². The lowest BCUT2D eigenvalue weighted by Gasteiger charge is -2.17. The van der Waals surface area contributed by atoms with Gasteiger partial charge in [0, 0.05) is 18.3 Å². The van der Waals surface area contributed by atoms with Crippen LogP contribution in [0.4, 0.5) is 14.5 Å². The number of methoxy groups -OCH3 is 1. The Bertz CT molecular complexity index is 1040. The van der Waals surface area contributed by atoms with Gasteiger partial charge in [-0.2, -0.15) is 8.78 Å². The second-order valence-electron chi connectivity index (χ2n) is 6.50. The number of benzene rings is 2. The first-order valence-electron chi connectivity index (χ1n) is 9.19. The van der Waals surface area contributed by atoms with Gasteiger partial charge in [0.25, 0.3) is 5.91 Å². The number of carbonyl (C=O) groups is 2. The fraction of sp³-hybridized carbons (Fsp3) is 0.182. The number of alkyl halides is 2. The number of halogens is 2. The van der Waals surface area contributed by atoms with Crippen molar-refractivity contribution < 1.29 is 27.8 Å². The molecule has 2 amide bonds. The summed E-state index contributed by atoms with van der Waals surface area (Å²) in [5.74, 6) is -0.0912. The van der Waals surface area contributed by atoms with E-state index in [2.05, 4.69) is 10.1 Å². The number of nitrogens with zero attached hydrogens (tertiary/aromatic N) is 1. The van der Waals surface area contributed by atoms with Crippen LogP contribution in [0.1, 0.15) is 9.67 Å². The second-order valence-corrected chi connectivity index (χ2v) is 7.45. The molecule has 0 spiro atoms. The number of carbonyl (C=O) groups excluding carboxylic acids is 2. The van der Waals surface area contributed by atoms with Crippen molar-refractivity contribution in [3.63, 3.8) is 0 Å². The van der Waals surface area contributed by atoms with Crippen LogP contribution in [0.2, 0.25) is 0 Å². The molecule has 0 fully saturated rings. The van der Waals surface area contributed by atoms with E-state index in [0.717, 1.165) is 0 Å². The van der Waals surface area contributed by atoms with Crippen LogP contribution < -0.4 is 14.8 Å². The number of hydrogen-bond acceptors (Lipinski definition) is 5. The first-order chi connectivity index (χ1) is 14.9. The third kappa shape index (κ3) is 5.79. The van der Waals surface area contributed by atoms with Gasteiger partial charge in [0.15, 0.2) is 0 Å². The van der Waals surface area contributed by atoms with E-state index < -0.39 is 12.5 Å². The molecule has 0 aliphatic carbocycles. The van der Waals surface area contributed by atoms with E-state index in [1.807, 2.05) is 0 Å². The van der Waals surface area contributed by atoms with Crippen molar-refractivity contribution in [2.75, 3.05) is 26.0 Å². The molecule has 1 heterocycles. The minimum Gasteiger partial charge on any atom is -0.497 e. The molecule has 0 unspecified atom stereocenters. The molecule has 0 radical (unpaired) electrons. The van der Waals surface area contributed by atoms with Crippen molar-refractivity contribution in [3.8, 4) is 22.6 Å². The highest BCUT2D eigenvalue weighted by molar-refractivity contribution is 7.12. The Hall–Kier alpha value is -3.46. The van der Waals surface area contributed by atoms with Crippen molar-refractivity contribution in [1.29, 1.82) is 0 Å². The van der Waals surface area contributed by atoms with Gasteiger partial charge in [-0.3, -0.25) is 9.59 Å². The van der Waals surface area contributed by atoms with E-state index in [-0.39, 0.29) is 18.2 Å². The average Bonchev–Trinajstić information content (AvgIpc) is 3.28. The van der Waals surface area contributed by atoms with Gasteiger partial charge in [-0.1, -0.05) is 18.2 Å². The quantitative estimate of drug-likeness (QED) is 0.543. The second kappa shape index (κ2) is 10.0. The number of ether oxygens (including phenoxy) is 2. The predicted octanol–water partition coefficient (Wildman–Crippen LogP) is 4.74. The Morgan fingerprint density at radius 2 is 1.87 bits per heavy atom. The minimum absolute atomic E-state index is 0.0249. The highest BCUT2D eigenvalue weighted by Crippen LogP contribution is 2.34. The predicted molar refractivity (Wildman–Crippen MR) is 115 cm³/mol. The Labute approximate surface area is 182 Å². The van der Waals surface area contributed by atoms with Gasteiger partial charge >= 0.3 is 6.61 Å². The summed E-state index contributed by atoms with van der Waals surface area (Å²) in [5.41, 5.74) is 1.37. The monoisotopic (exact) mass is 446 g/mol. The fourth-order valence-corrected chi connectivity index (χ4v) is 3.60. The molecule has 31 heavy (non-hydrogen) atoms. The lowest BCUT2D eigenvalue weighted by molar-refractivity contribution is -0.116. The number of rotatable bonds is 8. The molecular weight excluding hydrogens is 426 g/mol. The first kappa shape index (κ1) is 22.2. The molecule has 162 valence electrons. The molecule has 6 nitrogen and oxygen atoms in total. The topological polar surface area (TPSA) is 67.9 Å². The third-order valence-corrected chi connectivity index (χ3v) is 5.20. The zero-order valence-electron chi connectivity index (χ0n) is 16.8.